The Labute approximate surface area is 240 Å². The zero-order chi connectivity index (χ0) is 30.6. The zero-order valence-electron chi connectivity index (χ0n) is 22.4. The van der Waals surface area contributed by atoms with Crippen LogP contribution in [0.25, 0.3) is 0 Å². The summed E-state index contributed by atoms with van der Waals surface area (Å²) in [5.41, 5.74) is 7.01. The van der Waals surface area contributed by atoms with Gasteiger partial charge in [0.05, 0.1) is 41.8 Å². The number of carbonyl (C=O) groups excluding carboxylic acids is 2. The summed E-state index contributed by atoms with van der Waals surface area (Å²) < 4.78 is 9.99. The van der Waals surface area contributed by atoms with Crippen molar-refractivity contribution in [2.24, 2.45) is 11.8 Å². The van der Waals surface area contributed by atoms with Crippen LogP contribution < -0.4 is 5.73 Å². The number of ether oxygens (including phenoxy) is 2. The second kappa shape index (κ2) is 15.1. The van der Waals surface area contributed by atoms with E-state index >= 15 is 0 Å². The number of nitro groups is 2. The molecule has 2 fully saturated rings. The number of hydrogen-bond acceptors (Lipinski definition) is 10. The van der Waals surface area contributed by atoms with Gasteiger partial charge in [0.25, 0.3) is 11.4 Å². The number of anilines is 1. The van der Waals surface area contributed by atoms with Crippen LogP contribution in [0.15, 0.2) is 72.8 Å². The number of rotatable bonds is 9. The van der Waals surface area contributed by atoms with Gasteiger partial charge in [0.15, 0.2) is 11.6 Å². The quantitative estimate of drug-likeness (QED) is 0.155. The molecule has 0 bridgehead atoms. The van der Waals surface area contributed by atoms with Gasteiger partial charge in [0.2, 0.25) is 0 Å². The smallest absolute Gasteiger partial charge is 0.335 e. The molecule has 0 aromatic heterocycles. The van der Waals surface area contributed by atoms with Gasteiger partial charge in [-0.05, 0) is 18.2 Å². The fraction of sp³-hybridized carbons (Fsp3) is 0.276. The first kappa shape index (κ1) is 31.5. The number of aromatic carboxylic acids is 1. The first-order valence-corrected chi connectivity index (χ1v) is 12.8. The first-order chi connectivity index (χ1) is 20.0. The van der Waals surface area contributed by atoms with E-state index in [9.17, 15) is 34.6 Å². The predicted octanol–water partition coefficient (Wildman–Crippen LogP) is 4.60. The van der Waals surface area contributed by atoms with E-state index in [0.29, 0.717) is 62.0 Å². The van der Waals surface area contributed by atoms with E-state index < -0.39 is 15.8 Å². The van der Waals surface area contributed by atoms with Crippen molar-refractivity contribution in [1.29, 1.82) is 0 Å². The minimum atomic E-state index is -1.17. The molecule has 3 aromatic carbocycles. The maximum absolute atomic E-state index is 11.7. The molecule has 3 aromatic rings. The normalized spacial score (nSPS) is 14.0. The standard InChI is InChI=1S/C11H11NO4.C11H13NO2.C7H5NO4/c13-11(4-8-6-16-7-8)9-2-1-3-10(5-9)12(14)15;12-10-3-1-2-9(5-10)11(13)4-8-6-14-7-8;9-7(10)5-2-1-3-6(4-5)8(11)12/h1-3,5,8H,4,6-7H2;1-3,5,8H,4,6-7,12H2;1-4H,(H,9,10). The summed E-state index contributed by atoms with van der Waals surface area (Å²) in [6.45, 7) is 2.66. The Bertz CT molecular complexity index is 1420. The molecular weight excluding hydrogens is 550 g/mol. The fourth-order valence-corrected chi connectivity index (χ4v) is 3.82. The lowest BCUT2D eigenvalue weighted by molar-refractivity contribution is -0.385. The Morgan fingerprint density at radius 1 is 0.714 bits per heavy atom. The average molecular weight is 580 g/mol. The summed E-state index contributed by atoms with van der Waals surface area (Å²) in [6.07, 6.45) is 0.977. The Morgan fingerprint density at radius 3 is 1.50 bits per heavy atom. The Balaban J connectivity index is 0.000000175. The molecular formula is C29H29N3O10. The highest BCUT2D eigenvalue weighted by Gasteiger charge is 2.23. The van der Waals surface area contributed by atoms with E-state index in [1.165, 1.54) is 36.4 Å². The highest BCUT2D eigenvalue weighted by molar-refractivity contribution is 5.97. The van der Waals surface area contributed by atoms with E-state index in [1.54, 1.807) is 30.3 Å². The van der Waals surface area contributed by atoms with Crippen LogP contribution in [-0.2, 0) is 9.47 Å². The van der Waals surface area contributed by atoms with Crippen molar-refractivity contribution in [2.45, 2.75) is 12.8 Å². The van der Waals surface area contributed by atoms with Gasteiger partial charge in [0.1, 0.15) is 0 Å². The van der Waals surface area contributed by atoms with E-state index in [1.807, 2.05) is 0 Å². The molecule has 13 heteroatoms. The van der Waals surface area contributed by atoms with Crippen LogP contribution in [0.2, 0.25) is 0 Å². The SMILES string of the molecule is Nc1cccc(C(=O)CC2COC2)c1.O=C(CC1COC1)c1cccc([N+](=O)[O-])c1.O=C(O)c1cccc([N+](=O)[O-])c1. The van der Waals surface area contributed by atoms with Gasteiger partial charge >= 0.3 is 5.97 Å². The van der Waals surface area contributed by atoms with Gasteiger partial charge in [0, 0.05) is 65.8 Å². The number of carboxylic acids is 1. The second-order valence-corrected chi connectivity index (χ2v) is 9.61. The van der Waals surface area contributed by atoms with E-state index in [-0.39, 0.29) is 34.4 Å². The van der Waals surface area contributed by atoms with E-state index in [2.05, 4.69) is 0 Å². The third-order valence-electron chi connectivity index (χ3n) is 6.25. The molecule has 220 valence electrons. The Hall–Kier alpha value is -5.01. The van der Waals surface area contributed by atoms with Crippen molar-refractivity contribution in [3.05, 3.63) is 110 Å². The number of carbonyl (C=O) groups is 3. The summed E-state index contributed by atoms with van der Waals surface area (Å²) >= 11 is 0. The minimum Gasteiger partial charge on any atom is -0.478 e. The van der Waals surface area contributed by atoms with Crippen LogP contribution in [0.1, 0.15) is 43.9 Å². The van der Waals surface area contributed by atoms with E-state index in [0.717, 1.165) is 6.07 Å². The molecule has 0 spiro atoms. The second-order valence-electron chi connectivity index (χ2n) is 9.61. The lowest BCUT2D eigenvalue weighted by Crippen LogP contribution is -2.29. The number of nitro benzene ring substituents is 2. The van der Waals surface area contributed by atoms with Crippen LogP contribution in [0.5, 0.6) is 0 Å². The summed E-state index contributed by atoms with van der Waals surface area (Å²) in [5, 5.41) is 29.2. The molecule has 0 unspecified atom stereocenters. The van der Waals surface area contributed by atoms with Crippen molar-refractivity contribution in [3.63, 3.8) is 0 Å². The lowest BCUT2D eigenvalue weighted by atomic mass is 9.97. The molecule has 0 amide bonds. The van der Waals surface area contributed by atoms with Gasteiger partial charge in [-0.15, -0.1) is 0 Å². The monoisotopic (exact) mass is 579 g/mol. The highest BCUT2D eigenvalue weighted by atomic mass is 16.6. The Kier molecular flexibility index (Phi) is 11.3. The number of nitrogens with two attached hydrogens (primary N) is 1. The minimum absolute atomic E-state index is 0.0456. The zero-order valence-corrected chi connectivity index (χ0v) is 22.4. The largest absolute Gasteiger partial charge is 0.478 e. The molecule has 0 radical (unpaired) electrons. The third kappa shape index (κ3) is 9.57. The van der Waals surface area contributed by atoms with Crippen LogP contribution in [0.4, 0.5) is 17.1 Å². The lowest BCUT2D eigenvalue weighted by Gasteiger charge is -2.25. The van der Waals surface area contributed by atoms with Crippen LogP contribution in [-0.4, -0.2) is 58.9 Å². The number of carboxylic acid groups (broad SMARTS) is 1. The number of benzene rings is 3. The van der Waals surface area contributed by atoms with Crippen LogP contribution in [0, 0.1) is 32.1 Å². The molecule has 0 saturated carbocycles. The molecule has 2 aliphatic heterocycles. The molecule has 2 heterocycles. The van der Waals surface area contributed by atoms with Gasteiger partial charge in [-0.1, -0.05) is 30.3 Å². The van der Waals surface area contributed by atoms with Gasteiger partial charge < -0.3 is 20.3 Å². The fourth-order valence-electron chi connectivity index (χ4n) is 3.82. The molecule has 13 nitrogen and oxygen atoms in total. The van der Waals surface area contributed by atoms with Gasteiger partial charge in [-0.25, -0.2) is 4.79 Å². The maximum atomic E-state index is 11.7. The van der Waals surface area contributed by atoms with Crippen molar-refractivity contribution in [1.82, 2.24) is 0 Å². The number of nitrogens with zero attached hydrogens (tertiary/aromatic N) is 2. The predicted molar refractivity (Wildman–Crippen MR) is 151 cm³/mol. The summed E-state index contributed by atoms with van der Waals surface area (Å²) in [5.74, 6) is -0.392. The average Bonchev–Trinajstić information content (AvgIpc) is 2.93. The number of Topliss-reactive ketones (excluding diaryl/α,β-unsaturated/α-hetero) is 2. The maximum Gasteiger partial charge on any atom is 0.335 e. The topological polar surface area (TPSA) is 202 Å². The van der Waals surface area contributed by atoms with Crippen molar-refractivity contribution in [3.8, 4) is 0 Å². The molecule has 0 aliphatic carbocycles. The highest BCUT2D eigenvalue weighted by Crippen LogP contribution is 2.21. The number of hydrogen-bond donors (Lipinski definition) is 2. The number of non-ortho nitro benzene ring substituents is 2. The van der Waals surface area contributed by atoms with E-state index in [4.69, 9.17) is 20.3 Å². The summed E-state index contributed by atoms with van der Waals surface area (Å²) in [7, 11) is 0. The number of ketones is 2. The van der Waals surface area contributed by atoms with Crippen molar-refractivity contribution >= 4 is 34.6 Å². The van der Waals surface area contributed by atoms with Crippen LogP contribution >= 0.6 is 0 Å². The summed E-state index contributed by atoms with van der Waals surface area (Å²) in [4.78, 5) is 53.4. The molecule has 3 N–H and O–H groups in total. The van der Waals surface area contributed by atoms with Crippen molar-refractivity contribution in [2.75, 3.05) is 32.2 Å². The molecule has 5 rings (SSSR count). The van der Waals surface area contributed by atoms with Gasteiger partial charge in [-0.2, -0.15) is 0 Å². The summed E-state index contributed by atoms with van der Waals surface area (Å²) in [6, 6.07) is 17.8. The Morgan fingerprint density at radius 2 is 1.12 bits per heavy atom. The third-order valence-corrected chi connectivity index (χ3v) is 6.25. The number of nitrogen functional groups attached to an aromatic ring is 1. The first-order valence-electron chi connectivity index (χ1n) is 12.8. The molecule has 42 heavy (non-hydrogen) atoms. The van der Waals surface area contributed by atoms with Gasteiger partial charge in [-0.3, -0.25) is 29.8 Å². The van der Waals surface area contributed by atoms with Crippen molar-refractivity contribution < 1.29 is 38.8 Å². The molecule has 2 aliphatic rings. The van der Waals surface area contributed by atoms with Crippen LogP contribution in [0.3, 0.4) is 0 Å². The molecule has 0 atom stereocenters. The molecule has 2 saturated heterocycles.